The van der Waals surface area contributed by atoms with E-state index < -0.39 is 12.0 Å². The first-order chi connectivity index (χ1) is 11.6. The first-order valence-electron chi connectivity index (χ1n) is 7.84. The average molecular weight is 327 g/mol. The molecular weight excluding hydrogens is 306 g/mol. The number of carboxylic acids is 1. The lowest BCUT2D eigenvalue weighted by Gasteiger charge is -2.18. The van der Waals surface area contributed by atoms with Crippen LogP contribution in [0.25, 0.3) is 0 Å². The van der Waals surface area contributed by atoms with Crippen molar-refractivity contribution in [2.24, 2.45) is 5.92 Å². The zero-order chi connectivity index (χ0) is 17.4. The molecule has 0 saturated heterocycles. The summed E-state index contributed by atoms with van der Waals surface area (Å²) in [6.07, 6.45) is 0.502. The van der Waals surface area contributed by atoms with Gasteiger partial charge in [-0.05, 0) is 24.1 Å². The highest BCUT2D eigenvalue weighted by atomic mass is 16.5. The van der Waals surface area contributed by atoms with E-state index in [0.717, 1.165) is 5.75 Å². The molecule has 0 fully saturated rings. The van der Waals surface area contributed by atoms with E-state index in [-0.39, 0.29) is 11.8 Å². The van der Waals surface area contributed by atoms with Gasteiger partial charge in [-0.15, -0.1) is 0 Å². The fourth-order valence-corrected chi connectivity index (χ4v) is 2.22. The molecule has 0 aliphatic heterocycles. The molecule has 2 aromatic rings. The van der Waals surface area contributed by atoms with Crippen molar-refractivity contribution in [1.82, 2.24) is 5.32 Å². The van der Waals surface area contributed by atoms with Gasteiger partial charge in [0.1, 0.15) is 5.75 Å². The maximum absolute atomic E-state index is 12.2. The van der Waals surface area contributed by atoms with Crippen LogP contribution in [-0.2, 0) is 9.59 Å². The Labute approximate surface area is 141 Å². The predicted octanol–water partition coefficient (Wildman–Crippen LogP) is 3.03. The fraction of sp³-hybridized carbons (Fsp3) is 0.263. The molecule has 2 aromatic carbocycles. The second kappa shape index (κ2) is 8.72. The molecule has 0 bridgehead atoms. The van der Waals surface area contributed by atoms with Gasteiger partial charge in [-0.1, -0.05) is 55.5 Å². The molecule has 5 nitrogen and oxygen atoms in total. The lowest BCUT2D eigenvalue weighted by atomic mass is 10.0. The maximum Gasteiger partial charge on any atom is 0.330 e. The van der Waals surface area contributed by atoms with Gasteiger partial charge in [0, 0.05) is 5.92 Å². The van der Waals surface area contributed by atoms with E-state index in [1.807, 2.05) is 30.3 Å². The summed E-state index contributed by atoms with van der Waals surface area (Å²) < 4.78 is 5.57. The summed E-state index contributed by atoms with van der Waals surface area (Å²) in [5.41, 5.74) is 0.547. The summed E-state index contributed by atoms with van der Waals surface area (Å²) in [6, 6.07) is 17.0. The number of hydrogen-bond donors (Lipinski definition) is 2. The molecule has 1 unspecified atom stereocenters. The molecule has 1 amide bonds. The Morgan fingerprint density at radius 1 is 1.04 bits per heavy atom. The molecule has 0 heterocycles. The standard InChI is InChI=1S/C19H21NO4/c1-14(12-13-24-16-10-6-3-7-11-16)18(21)20-17(19(22)23)15-8-4-2-5-9-15/h2-11,14,17H,12-13H2,1H3,(H,20,21)(H,22,23)/t14?,17-/m0/s1. The molecule has 0 aromatic heterocycles. The number of benzene rings is 2. The number of para-hydroxylation sites is 1. The molecule has 2 N–H and O–H groups in total. The minimum atomic E-state index is -1.08. The molecule has 0 aliphatic rings. The first-order valence-corrected chi connectivity index (χ1v) is 7.84. The van der Waals surface area contributed by atoms with Crippen LogP contribution >= 0.6 is 0 Å². The van der Waals surface area contributed by atoms with Gasteiger partial charge < -0.3 is 15.2 Å². The summed E-state index contributed by atoms with van der Waals surface area (Å²) in [5.74, 6) is -0.984. The molecular formula is C19H21NO4. The predicted molar refractivity (Wildman–Crippen MR) is 90.7 cm³/mol. The van der Waals surface area contributed by atoms with Gasteiger partial charge in [-0.2, -0.15) is 0 Å². The molecule has 0 aliphatic carbocycles. The second-order valence-electron chi connectivity index (χ2n) is 5.54. The van der Waals surface area contributed by atoms with Crippen LogP contribution in [0.4, 0.5) is 0 Å². The third-order valence-electron chi connectivity index (χ3n) is 3.68. The molecule has 0 saturated carbocycles. The Balaban J connectivity index is 1.86. The first kappa shape index (κ1) is 17.5. The molecule has 0 spiro atoms. The number of rotatable bonds is 8. The Morgan fingerprint density at radius 2 is 1.62 bits per heavy atom. The Bertz CT molecular complexity index is 658. The Morgan fingerprint density at radius 3 is 2.21 bits per heavy atom. The van der Waals surface area contributed by atoms with Crippen molar-refractivity contribution in [3.8, 4) is 5.75 Å². The number of amides is 1. The summed E-state index contributed by atoms with van der Waals surface area (Å²) in [4.78, 5) is 23.7. The van der Waals surface area contributed by atoms with Gasteiger partial charge in [-0.25, -0.2) is 4.79 Å². The molecule has 0 radical (unpaired) electrons. The molecule has 126 valence electrons. The third-order valence-corrected chi connectivity index (χ3v) is 3.68. The number of aliphatic carboxylic acids is 1. The van der Waals surface area contributed by atoms with Gasteiger partial charge in [0.15, 0.2) is 6.04 Å². The van der Waals surface area contributed by atoms with E-state index in [1.165, 1.54) is 0 Å². The number of ether oxygens (including phenoxy) is 1. The van der Waals surface area contributed by atoms with Crippen molar-refractivity contribution in [3.63, 3.8) is 0 Å². The monoisotopic (exact) mass is 327 g/mol. The third kappa shape index (κ3) is 5.12. The van der Waals surface area contributed by atoms with E-state index in [0.29, 0.717) is 18.6 Å². The van der Waals surface area contributed by atoms with E-state index in [2.05, 4.69) is 5.32 Å². The van der Waals surface area contributed by atoms with Crippen LogP contribution in [0.15, 0.2) is 60.7 Å². The zero-order valence-corrected chi connectivity index (χ0v) is 13.5. The van der Waals surface area contributed by atoms with Crippen molar-refractivity contribution in [1.29, 1.82) is 0 Å². The molecule has 2 rings (SSSR count). The molecule has 5 heteroatoms. The van der Waals surface area contributed by atoms with Crippen LogP contribution in [0.2, 0.25) is 0 Å². The Kier molecular flexibility index (Phi) is 6.37. The average Bonchev–Trinajstić information content (AvgIpc) is 2.60. The largest absolute Gasteiger partial charge is 0.494 e. The number of carbonyl (C=O) groups is 2. The van der Waals surface area contributed by atoms with Gasteiger partial charge in [0.25, 0.3) is 0 Å². The molecule has 24 heavy (non-hydrogen) atoms. The highest BCUT2D eigenvalue weighted by Crippen LogP contribution is 2.15. The van der Waals surface area contributed by atoms with Crippen LogP contribution in [0.5, 0.6) is 5.75 Å². The number of carboxylic acid groups (broad SMARTS) is 1. The molecule has 2 atom stereocenters. The number of nitrogens with one attached hydrogen (secondary N) is 1. The van der Waals surface area contributed by atoms with E-state index in [4.69, 9.17) is 4.74 Å². The minimum Gasteiger partial charge on any atom is -0.494 e. The summed E-state index contributed by atoms with van der Waals surface area (Å²) in [5, 5.41) is 11.9. The number of carbonyl (C=O) groups excluding carboxylic acids is 1. The normalized spacial score (nSPS) is 12.9. The lowest BCUT2D eigenvalue weighted by Crippen LogP contribution is -2.37. The van der Waals surface area contributed by atoms with Crippen LogP contribution in [0.1, 0.15) is 24.9 Å². The summed E-state index contributed by atoms with van der Waals surface area (Å²) in [7, 11) is 0. The van der Waals surface area contributed by atoms with Crippen molar-refractivity contribution < 1.29 is 19.4 Å². The van der Waals surface area contributed by atoms with E-state index >= 15 is 0 Å². The van der Waals surface area contributed by atoms with E-state index in [9.17, 15) is 14.7 Å². The van der Waals surface area contributed by atoms with Crippen LogP contribution < -0.4 is 10.1 Å². The minimum absolute atomic E-state index is 0.303. The van der Waals surface area contributed by atoms with Gasteiger partial charge in [0.05, 0.1) is 6.61 Å². The van der Waals surface area contributed by atoms with Crippen molar-refractivity contribution in [3.05, 3.63) is 66.2 Å². The topological polar surface area (TPSA) is 75.6 Å². The van der Waals surface area contributed by atoms with Crippen LogP contribution in [0.3, 0.4) is 0 Å². The van der Waals surface area contributed by atoms with Gasteiger partial charge in [0.2, 0.25) is 5.91 Å². The van der Waals surface area contributed by atoms with Crippen LogP contribution in [-0.4, -0.2) is 23.6 Å². The van der Waals surface area contributed by atoms with Crippen LogP contribution in [0, 0.1) is 5.92 Å². The number of hydrogen-bond acceptors (Lipinski definition) is 3. The smallest absolute Gasteiger partial charge is 0.330 e. The maximum atomic E-state index is 12.2. The zero-order valence-electron chi connectivity index (χ0n) is 13.5. The fourth-order valence-electron chi connectivity index (χ4n) is 2.22. The highest BCUT2D eigenvalue weighted by Gasteiger charge is 2.24. The second-order valence-corrected chi connectivity index (χ2v) is 5.54. The van der Waals surface area contributed by atoms with Gasteiger partial charge in [-0.3, -0.25) is 4.79 Å². The lowest BCUT2D eigenvalue weighted by molar-refractivity contribution is -0.142. The van der Waals surface area contributed by atoms with Crippen molar-refractivity contribution in [2.75, 3.05) is 6.61 Å². The van der Waals surface area contributed by atoms with Crippen molar-refractivity contribution >= 4 is 11.9 Å². The SMILES string of the molecule is CC(CCOc1ccccc1)C(=O)N[C@H](C(=O)O)c1ccccc1. The highest BCUT2D eigenvalue weighted by molar-refractivity contribution is 5.85. The van der Waals surface area contributed by atoms with Gasteiger partial charge >= 0.3 is 5.97 Å². The quantitative estimate of drug-likeness (QED) is 0.781. The van der Waals surface area contributed by atoms with E-state index in [1.54, 1.807) is 37.3 Å². The summed E-state index contributed by atoms with van der Waals surface area (Å²) >= 11 is 0. The summed E-state index contributed by atoms with van der Waals surface area (Å²) in [6.45, 7) is 2.15. The van der Waals surface area contributed by atoms with Crippen molar-refractivity contribution in [2.45, 2.75) is 19.4 Å². The Hall–Kier alpha value is -2.82.